The van der Waals surface area contributed by atoms with Crippen molar-refractivity contribution in [3.63, 3.8) is 0 Å². The molecule has 0 bridgehead atoms. The molecule has 0 aromatic carbocycles. The Kier molecular flexibility index (Phi) is 8.13. The molecule has 1 aliphatic heterocycles. The average molecular weight is 283 g/mol. The summed E-state index contributed by atoms with van der Waals surface area (Å²) in [6, 6.07) is 0.852. The van der Waals surface area contributed by atoms with Gasteiger partial charge in [0.25, 0.3) is 0 Å². The standard InChI is InChI=1S/C18H38N2/c1-6-10-17-11-8-9-12-20(17)15-18(5,7-2)14-19-13-16(3)4/h16-17,19H,6-15H2,1-5H3. The molecule has 2 unspecified atom stereocenters. The van der Waals surface area contributed by atoms with E-state index in [0.717, 1.165) is 25.0 Å². The van der Waals surface area contributed by atoms with E-state index < -0.39 is 0 Å². The molecule has 0 aromatic heterocycles. The van der Waals surface area contributed by atoms with Crippen molar-refractivity contribution < 1.29 is 0 Å². The zero-order chi connectivity index (χ0) is 15.0. The topological polar surface area (TPSA) is 15.3 Å². The molecule has 1 fully saturated rings. The van der Waals surface area contributed by atoms with Gasteiger partial charge in [-0.1, -0.05) is 47.5 Å². The highest BCUT2D eigenvalue weighted by molar-refractivity contribution is 4.85. The lowest BCUT2D eigenvalue weighted by Gasteiger charge is -2.42. The Morgan fingerprint density at radius 2 is 2.00 bits per heavy atom. The fraction of sp³-hybridized carbons (Fsp3) is 1.00. The van der Waals surface area contributed by atoms with E-state index in [1.165, 1.54) is 51.6 Å². The first kappa shape index (κ1) is 18.0. The quantitative estimate of drug-likeness (QED) is 0.678. The third-order valence-corrected chi connectivity index (χ3v) is 4.91. The lowest BCUT2D eigenvalue weighted by molar-refractivity contribution is 0.0795. The van der Waals surface area contributed by atoms with E-state index >= 15 is 0 Å². The summed E-state index contributed by atoms with van der Waals surface area (Å²) < 4.78 is 0. The summed E-state index contributed by atoms with van der Waals surface area (Å²) in [7, 11) is 0. The molecule has 1 aliphatic rings. The first-order valence-corrected chi connectivity index (χ1v) is 8.95. The smallest absolute Gasteiger partial charge is 0.00954 e. The maximum Gasteiger partial charge on any atom is 0.00954 e. The molecule has 1 saturated heterocycles. The second-order valence-corrected chi connectivity index (χ2v) is 7.60. The Morgan fingerprint density at radius 3 is 2.60 bits per heavy atom. The molecule has 0 radical (unpaired) electrons. The van der Waals surface area contributed by atoms with Crippen LogP contribution in [0.15, 0.2) is 0 Å². The largest absolute Gasteiger partial charge is 0.316 e. The molecule has 1 rings (SSSR count). The predicted molar refractivity (Wildman–Crippen MR) is 90.2 cm³/mol. The summed E-state index contributed by atoms with van der Waals surface area (Å²) in [4.78, 5) is 2.80. The Hall–Kier alpha value is -0.0800. The third kappa shape index (κ3) is 6.13. The van der Waals surface area contributed by atoms with Crippen LogP contribution in [-0.4, -0.2) is 37.1 Å². The van der Waals surface area contributed by atoms with Crippen molar-refractivity contribution in [1.82, 2.24) is 10.2 Å². The number of nitrogens with one attached hydrogen (secondary N) is 1. The molecule has 0 spiro atoms. The van der Waals surface area contributed by atoms with E-state index in [-0.39, 0.29) is 0 Å². The highest BCUT2D eigenvalue weighted by atomic mass is 15.2. The van der Waals surface area contributed by atoms with Crippen LogP contribution in [0.1, 0.15) is 73.1 Å². The van der Waals surface area contributed by atoms with Crippen LogP contribution in [0.2, 0.25) is 0 Å². The van der Waals surface area contributed by atoms with Gasteiger partial charge in [0.05, 0.1) is 0 Å². The van der Waals surface area contributed by atoms with Gasteiger partial charge in [-0.3, -0.25) is 4.90 Å². The van der Waals surface area contributed by atoms with Gasteiger partial charge in [0.1, 0.15) is 0 Å². The van der Waals surface area contributed by atoms with Gasteiger partial charge in [-0.05, 0) is 50.1 Å². The Bertz CT molecular complexity index is 250. The minimum atomic E-state index is 0.429. The van der Waals surface area contributed by atoms with Gasteiger partial charge in [-0.15, -0.1) is 0 Å². The second kappa shape index (κ2) is 9.04. The molecule has 0 saturated carbocycles. The molecule has 2 atom stereocenters. The molecule has 2 nitrogen and oxygen atoms in total. The SMILES string of the molecule is CCCC1CCCCN1CC(C)(CC)CNCC(C)C. The first-order chi connectivity index (χ1) is 9.50. The molecule has 0 aromatic rings. The number of hydrogen-bond acceptors (Lipinski definition) is 2. The summed E-state index contributed by atoms with van der Waals surface area (Å²) in [6.07, 6.45) is 8.25. The second-order valence-electron chi connectivity index (χ2n) is 7.60. The summed E-state index contributed by atoms with van der Waals surface area (Å²) >= 11 is 0. The van der Waals surface area contributed by atoms with Crippen molar-refractivity contribution in [3.05, 3.63) is 0 Å². The molecule has 20 heavy (non-hydrogen) atoms. The minimum absolute atomic E-state index is 0.429. The zero-order valence-corrected chi connectivity index (χ0v) is 14.7. The van der Waals surface area contributed by atoms with Crippen molar-refractivity contribution in [2.75, 3.05) is 26.2 Å². The molecular formula is C18H38N2. The van der Waals surface area contributed by atoms with Gasteiger partial charge in [0, 0.05) is 19.1 Å². The molecule has 120 valence electrons. The van der Waals surface area contributed by atoms with Crippen LogP contribution in [0.3, 0.4) is 0 Å². The highest BCUT2D eigenvalue weighted by Gasteiger charge is 2.29. The van der Waals surface area contributed by atoms with Gasteiger partial charge >= 0.3 is 0 Å². The Balaban J connectivity index is 2.50. The van der Waals surface area contributed by atoms with Gasteiger partial charge in [-0.25, -0.2) is 0 Å². The number of likely N-dealkylation sites (tertiary alicyclic amines) is 1. The van der Waals surface area contributed by atoms with Crippen LogP contribution in [0.5, 0.6) is 0 Å². The van der Waals surface area contributed by atoms with Crippen LogP contribution in [0.4, 0.5) is 0 Å². The molecule has 2 heteroatoms. The zero-order valence-electron chi connectivity index (χ0n) is 14.7. The van der Waals surface area contributed by atoms with E-state index in [2.05, 4.69) is 44.8 Å². The van der Waals surface area contributed by atoms with Crippen molar-refractivity contribution in [2.24, 2.45) is 11.3 Å². The molecule has 1 N–H and O–H groups in total. The van der Waals surface area contributed by atoms with Crippen LogP contribution in [-0.2, 0) is 0 Å². The Morgan fingerprint density at radius 1 is 1.25 bits per heavy atom. The third-order valence-electron chi connectivity index (χ3n) is 4.91. The van der Waals surface area contributed by atoms with E-state index in [0.29, 0.717) is 5.41 Å². The fourth-order valence-electron chi connectivity index (χ4n) is 3.37. The monoisotopic (exact) mass is 282 g/mol. The normalized spacial score (nSPS) is 24.0. The number of nitrogens with zero attached hydrogens (tertiary/aromatic N) is 1. The van der Waals surface area contributed by atoms with Crippen molar-refractivity contribution >= 4 is 0 Å². The maximum absolute atomic E-state index is 3.69. The van der Waals surface area contributed by atoms with Gasteiger partial charge in [0.15, 0.2) is 0 Å². The molecule has 1 heterocycles. The summed E-state index contributed by atoms with van der Waals surface area (Å²) in [5.74, 6) is 0.749. The van der Waals surface area contributed by atoms with Crippen LogP contribution < -0.4 is 5.32 Å². The molecular weight excluding hydrogens is 244 g/mol. The summed E-state index contributed by atoms with van der Waals surface area (Å²) in [6.45, 7) is 16.6. The predicted octanol–water partition coefficient (Wildman–Crippen LogP) is 4.30. The number of hydrogen-bond donors (Lipinski definition) is 1. The number of rotatable bonds is 9. The van der Waals surface area contributed by atoms with Gasteiger partial charge < -0.3 is 5.32 Å². The van der Waals surface area contributed by atoms with Crippen LogP contribution in [0, 0.1) is 11.3 Å². The van der Waals surface area contributed by atoms with E-state index in [1.807, 2.05) is 0 Å². The Labute approximate surface area is 127 Å². The minimum Gasteiger partial charge on any atom is -0.316 e. The molecule has 0 amide bonds. The van der Waals surface area contributed by atoms with Crippen LogP contribution >= 0.6 is 0 Å². The summed E-state index contributed by atoms with van der Waals surface area (Å²) in [5, 5.41) is 3.69. The number of piperidine rings is 1. The van der Waals surface area contributed by atoms with E-state index in [1.54, 1.807) is 0 Å². The van der Waals surface area contributed by atoms with Crippen LogP contribution in [0.25, 0.3) is 0 Å². The van der Waals surface area contributed by atoms with E-state index in [4.69, 9.17) is 0 Å². The van der Waals surface area contributed by atoms with Gasteiger partial charge in [-0.2, -0.15) is 0 Å². The highest BCUT2D eigenvalue weighted by Crippen LogP contribution is 2.28. The van der Waals surface area contributed by atoms with Crippen molar-refractivity contribution in [1.29, 1.82) is 0 Å². The summed E-state index contributed by atoms with van der Waals surface area (Å²) in [5.41, 5.74) is 0.429. The maximum atomic E-state index is 3.69. The van der Waals surface area contributed by atoms with Gasteiger partial charge in [0.2, 0.25) is 0 Å². The van der Waals surface area contributed by atoms with Crippen molar-refractivity contribution in [3.8, 4) is 0 Å². The fourth-order valence-corrected chi connectivity index (χ4v) is 3.37. The average Bonchev–Trinajstić information content (AvgIpc) is 2.41. The first-order valence-electron chi connectivity index (χ1n) is 8.95. The van der Waals surface area contributed by atoms with Crippen molar-refractivity contribution in [2.45, 2.75) is 79.2 Å². The molecule has 0 aliphatic carbocycles. The van der Waals surface area contributed by atoms with E-state index in [9.17, 15) is 0 Å². The lowest BCUT2D eigenvalue weighted by atomic mass is 9.84. The lowest BCUT2D eigenvalue weighted by Crippen LogP contribution is -2.48.